The van der Waals surface area contributed by atoms with Crippen molar-refractivity contribution in [2.45, 2.75) is 32.7 Å². The fourth-order valence-electron chi connectivity index (χ4n) is 2.40. The van der Waals surface area contributed by atoms with E-state index in [9.17, 15) is 14.4 Å². The lowest BCUT2D eigenvalue weighted by atomic mass is 10.2. The molecule has 4 amide bonds. The van der Waals surface area contributed by atoms with Crippen LogP contribution < -0.4 is 10.2 Å². The molecule has 0 saturated carbocycles. The number of benzene rings is 1. The third kappa shape index (κ3) is 3.27. The molecule has 1 aromatic carbocycles. The van der Waals surface area contributed by atoms with Crippen LogP contribution in [0.1, 0.15) is 26.7 Å². The molecule has 118 valence electrons. The second kappa shape index (κ2) is 7.06. The number of carbonyl (C=O) groups excluding carboxylic acids is 3. The molecule has 6 nitrogen and oxygen atoms in total. The summed E-state index contributed by atoms with van der Waals surface area (Å²) in [6, 6.07) is 7.95. The molecule has 2 rings (SSSR count). The van der Waals surface area contributed by atoms with Crippen LogP contribution in [0.5, 0.6) is 0 Å². The highest BCUT2D eigenvalue weighted by molar-refractivity contribution is 6.15. The number of unbranched alkanes of at least 4 members (excludes halogenated alkanes) is 1. The van der Waals surface area contributed by atoms with Crippen molar-refractivity contribution in [2.24, 2.45) is 0 Å². The number of carbonyl (C=O) groups is 3. The molecule has 1 N–H and O–H groups in total. The molecular weight excluding hydrogens is 282 g/mol. The van der Waals surface area contributed by atoms with Crippen LogP contribution in [0.15, 0.2) is 30.3 Å². The van der Waals surface area contributed by atoms with E-state index in [4.69, 9.17) is 0 Å². The van der Waals surface area contributed by atoms with Gasteiger partial charge in [0.25, 0.3) is 5.91 Å². The minimum absolute atomic E-state index is 0.227. The predicted molar refractivity (Wildman–Crippen MR) is 83.4 cm³/mol. The van der Waals surface area contributed by atoms with Crippen molar-refractivity contribution in [1.29, 1.82) is 0 Å². The van der Waals surface area contributed by atoms with Crippen molar-refractivity contribution in [3.8, 4) is 0 Å². The molecule has 1 aromatic rings. The van der Waals surface area contributed by atoms with E-state index in [2.05, 4.69) is 5.32 Å². The second-order valence-corrected chi connectivity index (χ2v) is 5.29. The van der Waals surface area contributed by atoms with Crippen LogP contribution in [0.2, 0.25) is 0 Å². The van der Waals surface area contributed by atoms with E-state index in [1.54, 1.807) is 31.2 Å². The van der Waals surface area contributed by atoms with E-state index >= 15 is 0 Å². The lowest BCUT2D eigenvalue weighted by molar-refractivity contribution is -0.131. The molecule has 0 aromatic heterocycles. The Morgan fingerprint density at radius 3 is 2.55 bits per heavy atom. The summed E-state index contributed by atoms with van der Waals surface area (Å²) in [7, 11) is 0. The number of hydrogen-bond acceptors (Lipinski definition) is 3. The van der Waals surface area contributed by atoms with Gasteiger partial charge in [0.05, 0.1) is 0 Å². The highest BCUT2D eigenvalue weighted by Crippen LogP contribution is 2.25. The third-order valence-corrected chi connectivity index (χ3v) is 3.64. The zero-order valence-corrected chi connectivity index (χ0v) is 12.9. The number of nitrogens with zero attached hydrogens (tertiary/aromatic N) is 2. The number of urea groups is 1. The summed E-state index contributed by atoms with van der Waals surface area (Å²) in [6.45, 7) is 4.03. The lowest BCUT2D eigenvalue weighted by Crippen LogP contribution is -2.41. The molecule has 0 radical (unpaired) electrons. The van der Waals surface area contributed by atoms with Gasteiger partial charge < -0.3 is 5.32 Å². The van der Waals surface area contributed by atoms with Crippen molar-refractivity contribution < 1.29 is 14.4 Å². The van der Waals surface area contributed by atoms with Gasteiger partial charge in [0.15, 0.2) is 0 Å². The standard InChI is InChI=1S/C16H21N3O3/c1-3-4-10-17-14(20)11-18-15(21)12(2)19(16(18)22)13-8-6-5-7-9-13/h5-9,12H,3-4,10-11H2,1-2H3,(H,17,20)/t12-/m0/s1. The summed E-state index contributed by atoms with van der Waals surface area (Å²) in [6.07, 6.45) is 1.85. The first kappa shape index (κ1) is 16.0. The first-order valence-corrected chi connectivity index (χ1v) is 7.52. The van der Waals surface area contributed by atoms with Crippen LogP contribution in [0, 0.1) is 0 Å². The Kier molecular flexibility index (Phi) is 5.14. The number of imide groups is 1. The number of rotatable bonds is 6. The lowest BCUT2D eigenvalue weighted by Gasteiger charge is -2.19. The maximum atomic E-state index is 12.4. The van der Waals surface area contributed by atoms with Gasteiger partial charge in [-0.25, -0.2) is 4.79 Å². The molecule has 0 spiro atoms. The highest BCUT2D eigenvalue weighted by atomic mass is 16.2. The van der Waals surface area contributed by atoms with Gasteiger partial charge in [-0.05, 0) is 25.5 Å². The fraction of sp³-hybridized carbons (Fsp3) is 0.438. The molecule has 1 heterocycles. The van der Waals surface area contributed by atoms with Crippen molar-refractivity contribution in [3.05, 3.63) is 30.3 Å². The van der Waals surface area contributed by atoms with Crippen LogP contribution in [0.4, 0.5) is 10.5 Å². The van der Waals surface area contributed by atoms with Gasteiger partial charge in [0.2, 0.25) is 5.91 Å². The van der Waals surface area contributed by atoms with E-state index in [1.165, 1.54) is 4.90 Å². The molecule has 0 bridgehead atoms. The molecule has 0 unspecified atom stereocenters. The van der Waals surface area contributed by atoms with Gasteiger partial charge in [0, 0.05) is 12.2 Å². The van der Waals surface area contributed by atoms with Crippen LogP contribution >= 0.6 is 0 Å². The monoisotopic (exact) mass is 303 g/mol. The normalized spacial score (nSPS) is 18.0. The van der Waals surface area contributed by atoms with E-state index in [0.29, 0.717) is 12.2 Å². The van der Waals surface area contributed by atoms with Gasteiger partial charge in [-0.1, -0.05) is 31.5 Å². The third-order valence-electron chi connectivity index (χ3n) is 3.64. The average Bonchev–Trinajstić information content (AvgIpc) is 2.72. The molecule has 22 heavy (non-hydrogen) atoms. The van der Waals surface area contributed by atoms with Crippen LogP contribution in [-0.4, -0.2) is 41.9 Å². The largest absolute Gasteiger partial charge is 0.355 e. The van der Waals surface area contributed by atoms with Gasteiger partial charge in [0.1, 0.15) is 12.6 Å². The summed E-state index contributed by atoms with van der Waals surface area (Å²) >= 11 is 0. The zero-order valence-electron chi connectivity index (χ0n) is 12.9. The summed E-state index contributed by atoms with van der Waals surface area (Å²) in [5.74, 6) is -0.656. The SMILES string of the molecule is CCCCNC(=O)CN1C(=O)[C@H](C)N(c2ccccc2)C1=O. The molecule has 1 fully saturated rings. The van der Waals surface area contributed by atoms with Gasteiger partial charge in [-0.3, -0.25) is 19.4 Å². The van der Waals surface area contributed by atoms with E-state index in [0.717, 1.165) is 17.7 Å². The van der Waals surface area contributed by atoms with Crippen molar-refractivity contribution in [3.63, 3.8) is 0 Å². The highest BCUT2D eigenvalue weighted by Gasteiger charge is 2.43. The summed E-state index contributed by atoms with van der Waals surface area (Å²) in [5.41, 5.74) is 0.655. The predicted octanol–water partition coefficient (Wildman–Crippen LogP) is 1.76. The molecular formula is C16H21N3O3. The molecule has 1 aliphatic rings. The Morgan fingerprint density at radius 2 is 1.91 bits per heavy atom. The van der Waals surface area contributed by atoms with Crippen molar-refractivity contribution in [2.75, 3.05) is 18.0 Å². The topological polar surface area (TPSA) is 69.7 Å². The summed E-state index contributed by atoms with van der Waals surface area (Å²) in [5, 5.41) is 2.72. The number of anilines is 1. The average molecular weight is 303 g/mol. The van der Waals surface area contributed by atoms with Gasteiger partial charge in [-0.15, -0.1) is 0 Å². The van der Waals surface area contributed by atoms with Crippen molar-refractivity contribution in [1.82, 2.24) is 10.2 Å². The Balaban J connectivity index is 2.06. The van der Waals surface area contributed by atoms with Gasteiger partial charge in [-0.2, -0.15) is 0 Å². The smallest absolute Gasteiger partial charge is 0.332 e. The number of hydrogen-bond donors (Lipinski definition) is 1. The quantitative estimate of drug-likeness (QED) is 0.643. The van der Waals surface area contributed by atoms with E-state index < -0.39 is 12.1 Å². The number of para-hydroxylation sites is 1. The minimum atomic E-state index is -0.599. The first-order valence-electron chi connectivity index (χ1n) is 7.52. The molecule has 1 saturated heterocycles. The summed E-state index contributed by atoms with van der Waals surface area (Å²) < 4.78 is 0. The zero-order chi connectivity index (χ0) is 16.1. The van der Waals surface area contributed by atoms with Crippen LogP contribution in [-0.2, 0) is 9.59 Å². The maximum Gasteiger partial charge on any atom is 0.332 e. The minimum Gasteiger partial charge on any atom is -0.355 e. The maximum absolute atomic E-state index is 12.4. The van der Waals surface area contributed by atoms with Crippen LogP contribution in [0.25, 0.3) is 0 Å². The molecule has 1 atom stereocenters. The first-order chi connectivity index (χ1) is 10.6. The second-order valence-electron chi connectivity index (χ2n) is 5.29. The van der Waals surface area contributed by atoms with Gasteiger partial charge >= 0.3 is 6.03 Å². The summed E-state index contributed by atoms with van der Waals surface area (Å²) in [4.78, 5) is 39.0. The number of amides is 4. The Labute approximate surface area is 130 Å². The Morgan fingerprint density at radius 1 is 1.23 bits per heavy atom. The Bertz CT molecular complexity index is 559. The fourth-order valence-corrected chi connectivity index (χ4v) is 2.40. The molecule has 0 aliphatic carbocycles. The van der Waals surface area contributed by atoms with E-state index in [1.807, 2.05) is 13.0 Å². The number of nitrogens with one attached hydrogen (secondary N) is 1. The van der Waals surface area contributed by atoms with E-state index in [-0.39, 0.29) is 18.4 Å². The van der Waals surface area contributed by atoms with Crippen molar-refractivity contribution >= 4 is 23.5 Å². The molecule has 1 aliphatic heterocycles. The Hall–Kier alpha value is -2.37. The van der Waals surface area contributed by atoms with Crippen LogP contribution in [0.3, 0.4) is 0 Å². The molecule has 6 heteroatoms.